The number of esters is 1. The average molecular weight is 475 g/mol. The van der Waals surface area contributed by atoms with Crippen LogP contribution < -0.4 is 0 Å². The van der Waals surface area contributed by atoms with Gasteiger partial charge < -0.3 is 4.74 Å². The van der Waals surface area contributed by atoms with Crippen LogP contribution >= 0.6 is 23.2 Å². The van der Waals surface area contributed by atoms with Gasteiger partial charge in [0.05, 0.1) is 11.0 Å². The van der Waals surface area contributed by atoms with Gasteiger partial charge in [0.2, 0.25) is 0 Å². The molecule has 8 heteroatoms. The summed E-state index contributed by atoms with van der Waals surface area (Å²) in [5.41, 5.74) is 1.96. The largest absolute Gasteiger partial charge is 0.461 e. The number of rotatable bonds is 7. The van der Waals surface area contributed by atoms with E-state index in [9.17, 15) is 22.4 Å². The summed E-state index contributed by atoms with van der Waals surface area (Å²) in [6.07, 6.45) is 0.778. The number of alkyl halides is 5. The van der Waals surface area contributed by atoms with Gasteiger partial charge in [0, 0.05) is 0 Å². The average Bonchev–Trinajstić information content (AvgIpc) is 3.26. The Morgan fingerprint density at radius 1 is 1.06 bits per heavy atom. The molecular weight excluding hydrogens is 455 g/mol. The molecule has 2 unspecified atom stereocenters. The van der Waals surface area contributed by atoms with Gasteiger partial charge in [-0.3, -0.25) is 4.79 Å². The summed E-state index contributed by atoms with van der Waals surface area (Å²) in [7, 11) is 0. The van der Waals surface area contributed by atoms with Crippen molar-refractivity contribution >= 4 is 29.2 Å². The molecule has 3 rings (SSSR count). The van der Waals surface area contributed by atoms with Crippen molar-refractivity contribution in [2.45, 2.75) is 31.8 Å². The van der Waals surface area contributed by atoms with E-state index in [-0.39, 0.29) is 6.61 Å². The Morgan fingerprint density at radius 3 is 2.29 bits per heavy atom. The summed E-state index contributed by atoms with van der Waals surface area (Å²) in [6, 6.07) is 17.1. The zero-order chi connectivity index (χ0) is 23.0. The third kappa shape index (κ3) is 4.90. The predicted molar refractivity (Wildman–Crippen MR) is 112 cm³/mol. The van der Waals surface area contributed by atoms with E-state index in [4.69, 9.17) is 16.3 Å². The number of hydrogen-bond donors (Lipinski definition) is 0. The molecule has 0 heterocycles. The standard InChI is InChI=1S/C23H20Cl2F4O2/c1-21(2)17(12-18(24)22(26,27)23(25,28)29)19(21)20(30)31-13-14-7-6-10-16(11-14)15-8-4-3-5-9-15/h3-12,17,19H,13H2,1-2H3. The van der Waals surface area contributed by atoms with Crippen LogP contribution in [-0.2, 0) is 16.1 Å². The lowest BCUT2D eigenvalue weighted by Crippen LogP contribution is -2.35. The van der Waals surface area contributed by atoms with E-state index in [0.29, 0.717) is 0 Å². The van der Waals surface area contributed by atoms with Crippen LogP contribution in [0.1, 0.15) is 19.4 Å². The Balaban J connectivity index is 1.67. The maximum absolute atomic E-state index is 13.6. The quantitative estimate of drug-likeness (QED) is 0.239. The first-order valence-corrected chi connectivity index (χ1v) is 10.2. The maximum Gasteiger partial charge on any atom is 0.389 e. The van der Waals surface area contributed by atoms with Gasteiger partial charge in [-0.1, -0.05) is 80.1 Å². The maximum atomic E-state index is 13.6. The SMILES string of the molecule is CC1(C)C(C=C(Cl)C(F)(F)C(F)(F)Cl)C1C(=O)OCc1cccc(-c2ccccc2)c1. The molecule has 0 saturated heterocycles. The van der Waals surface area contributed by atoms with Crippen LogP contribution in [-0.4, -0.2) is 17.3 Å². The fourth-order valence-corrected chi connectivity index (χ4v) is 3.96. The van der Waals surface area contributed by atoms with E-state index in [0.717, 1.165) is 22.8 Å². The van der Waals surface area contributed by atoms with Crippen molar-refractivity contribution in [1.29, 1.82) is 0 Å². The smallest absolute Gasteiger partial charge is 0.389 e. The molecule has 0 bridgehead atoms. The van der Waals surface area contributed by atoms with Gasteiger partial charge in [0.15, 0.2) is 0 Å². The molecule has 2 atom stereocenters. The highest BCUT2D eigenvalue weighted by Crippen LogP contribution is 2.61. The summed E-state index contributed by atoms with van der Waals surface area (Å²) >= 11 is 9.90. The lowest BCUT2D eigenvalue weighted by atomic mass is 10.0. The molecule has 0 aliphatic heterocycles. The Morgan fingerprint density at radius 2 is 1.68 bits per heavy atom. The van der Waals surface area contributed by atoms with E-state index in [2.05, 4.69) is 11.6 Å². The van der Waals surface area contributed by atoms with Gasteiger partial charge >= 0.3 is 17.3 Å². The lowest BCUT2D eigenvalue weighted by molar-refractivity contribution is -0.147. The lowest BCUT2D eigenvalue weighted by Gasteiger charge is -2.20. The normalized spacial score (nSPS) is 21.0. The van der Waals surface area contributed by atoms with Crippen LogP contribution in [0.25, 0.3) is 11.1 Å². The molecule has 31 heavy (non-hydrogen) atoms. The summed E-state index contributed by atoms with van der Waals surface area (Å²) in [5, 5.41) is -6.23. The monoisotopic (exact) mass is 474 g/mol. The fraction of sp³-hybridized carbons (Fsp3) is 0.348. The van der Waals surface area contributed by atoms with E-state index in [1.807, 2.05) is 48.5 Å². The molecule has 0 spiro atoms. The highest BCUT2D eigenvalue weighted by Gasteiger charge is 2.64. The molecule has 2 aromatic rings. The Bertz CT molecular complexity index is 985. The molecule has 166 valence electrons. The molecule has 1 aliphatic rings. The second-order valence-electron chi connectivity index (χ2n) is 8.09. The number of halogens is 6. The van der Waals surface area contributed by atoms with Gasteiger partial charge in [-0.05, 0) is 45.7 Å². The highest BCUT2D eigenvalue weighted by molar-refractivity contribution is 6.32. The van der Waals surface area contributed by atoms with E-state index in [1.165, 1.54) is 0 Å². The number of carbonyl (C=O) groups excluding carboxylic acids is 1. The van der Waals surface area contributed by atoms with Gasteiger partial charge in [-0.25, -0.2) is 0 Å². The van der Waals surface area contributed by atoms with E-state index < -0.39 is 39.6 Å². The molecule has 0 N–H and O–H groups in total. The summed E-state index contributed by atoms with van der Waals surface area (Å²) < 4.78 is 58.5. The molecule has 1 aliphatic carbocycles. The van der Waals surface area contributed by atoms with Crippen molar-refractivity contribution < 1.29 is 27.1 Å². The molecule has 1 fully saturated rings. The summed E-state index contributed by atoms with van der Waals surface area (Å²) in [4.78, 5) is 12.5. The first kappa shape index (κ1) is 23.6. The van der Waals surface area contributed by atoms with Crippen LogP contribution in [0.15, 0.2) is 65.7 Å². The minimum absolute atomic E-state index is 0.00777. The molecule has 2 nitrogen and oxygen atoms in total. The second-order valence-corrected chi connectivity index (χ2v) is 8.97. The first-order valence-electron chi connectivity index (χ1n) is 9.49. The van der Waals surface area contributed by atoms with Gasteiger partial charge in [-0.15, -0.1) is 0 Å². The fourth-order valence-electron chi connectivity index (χ4n) is 3.55. The molecule has 0 amide bonds. The Kier molecular flexibility index (Phi) is 6.45. The van der Waals surface area contributed by atoms with Crippen molar-refractivity contribution in [3.05, 3.63) is 71.3 Å². The van der Waals surface area contributed by atoms with Crippen molar-refractivity contribution in [2.24, 2.45) is 17.3 Å². The highest BCUT2D eigenvalue weighted by atomic mass is 35.5. The van der Waals surface area contributed by atoms with E-state index >= 15 is 0 Å². The zero-order valence-electron chi connectivity index (χ0n) is 16.7. The van der Waals surface area contributed by atoms with Gasteiger partial charge in [-0.2, -0.15) is 17.6 Å². The molecule has 0 aromatic heterocycles. The van der Waals surface area contributed by atoms with Crippen LogP contribution in [0.4, 0.5) is 17.6 Å². The van der Waals surface area contributed by atoms with Crippen molar-refractivity contribution in [3.8, 4) is 11.1 Å². The molecule has 0 radical (unpaired) electrons. The Labute approximate surface area is 187 Å². The minimum Gasteiger partial charge on any atom is -0.461 e. The second kappa shape index (κ2) is 8.47. The predicted octanol–water partition coefficient (Wildman–Crippen LogP) is 7.26. The number of hydrogen-bond acceptors (Lipinski definition) is 2. The topological polar surface area (TPSA) is 26.3 Å². The number of benzene rings is 2. The van der Waals surface area contributed by atoms with Crippen LogP contribution in [0, 0.1) is 17.3 Å². The van der Waals surface area contributed by atoms with Crippen LogP contribution in [0.5, 0.6) is 0 Å². The molecule has 1 saturated carbocycles. The van der Waals surface area contributed by atoms with Crippen molar-refractivity contribution in [3.63, 3.8) is 0 Å². The van der Waals surface area contributed by atoms with Crippen molar-refractivity contribution in [2.75, 3.05) is 0 Å². The van der Waals surface area contributed by atoms with Gasteiger partial charge in [0.25, 0.3) is 0 Å². The number of carbonyl (C=O) groups is 1. The Hall–Kier alpha value is -2.05. The number of allylic oxidation sites excluding steroid dienone is 2. The number of ether oxygens (including phenoxy) is 1. The third-order valence-electron chi connectivity index (χ3n) is 5.56. The van der Waals surface area contributed by atoms with Crippen molar-refractivity contribution in [1.82, 2.24) is 0 Å². The third-order valence-corrected chi connectivity index (χ3v) is 6.16. The van der Waals surface area contributed by atoms with Crippen LogP contribution in [0.3, 0.4) is 0 Å². The van der Waals surface area contributed by atoms with E-state index in [1.54, 1.807) is 19.9 Å². The molecule has 2 aromatic carbocycles. The first-order chi connectivity index (χ1) is 14.4. The van der Waals surface area contributed by atoms with Crippen LogP contribution in [0.2, 0.25) is 0 Å². The zero-order valence-corrected chi connectivity index (χ0v) is 18.2. The minimum atomic E-state index is -4.83. The molecular formula is C23H20Cl2F4O2. The summed E-state index contributed by atoms with van der Waals surface area (Å²) in [5.74, 6) is -6.89. The summed E-state index contributed by atoms with van der Waals surface area (Å²) in [6.45, 7) is 3.29. The van der Waals surface area contributed by atoms with Gasteiger partial charge in [0.1, 0.15) is 6.61 Å².